The molecule has 4 aromatic rings. The number of imidazole rings is 1. The molecular formula is C23H25ClN6O. The molecule has 1 aromatic carbocycles. The van der Waals surface area contributed by atoms with Gasteiger partial charge in [-0.2, -0.15) is 0 Å². The number of carbonyl (C=O) groups is 1. The van der Waals surface area contributed by atoms with Gasteiger partial charge in [0.2, 0.25) is 5.91 Å². The summed E-state index contributed by atoms with van der Waals surface area (Å²) in [6.07, 6.45) is 7.86. The Kier molecular flexibility index (Phi) is 5.06. The van der Waals surface area contributed by atoms with E-state index in [4.69, 9.17) is 22.3 Å². The van der Waals surface area contributed by atoms with E-state index in [0.717, 1.165) is 65.9 Å². The van der Waals surface area contributed by atoms with Crippen LogP contribution in [0.1, 0.15) is 44.3 Å². The maximum absolute atomic E-state index is 11.2. The topological polar surface area (TPSA) is 101 Å². The number of nitrogen functional groups attached to an aromatic ring is 1. The molecule has 1 saturated carbocycles. The van der Waals surface area contributed by atoms with Gasteiger partial charge in [-0.25, -0.2) is 9.97 Å². The smallest absolute Gasteiger partial charge is 0.216 e. The SMILES string of the molecule is CC(=O)NCC1CCC(c2nc(-c3cc4cccc(Cl)c4[nH]3)c3c(N)nccn23)CC1. The van der Waals surface area contributed by atoms with Gasteiger partial charge in [-0.15, -0.1) is 0 Å². The molecule has 0 spiro atoms. The quantitative estimate of drug-likeness (QED) is 0.437. The Morgan fingerprint density at radius 3 is 2.87 bits per heavy atom. The molecule has 4 N–H and O–H groups in total. The van der Waals surface area contributed by atoms with E-state index in [1.165, 1.54) is 0 Å². The van der Waals surface area contributed by atoms with Crippen LogP contribution in [0, 0.1) is 5.92 Å². The molecule has 1 fully saturated rings. The van der Waals surface area contributed by atoms with E-state index in [1.54, 1.807) is 13.1 Å². The van der Waals surface area contributed by atoms with Gasteiger partial charge in [-0.1, -0.05) is 23.7 Å². The summed E-state index contributed by atoms with van der Waals surface area (Å²) in [7, 11) is 0. The molecular weight excluding hydrogens is 412 g/mol. The second-order valence-corrected chi connectivity index (χ2v) is 8.80. The van der Waals surface area contributed by atoms with Crippen molar-refractivity contribution in [2.75, 3.05) is 12.3 Å². The van der Waals surface area contributed by atoms with E-state index >= 15 is 0 Å². The molecule has 0 unspecified atom stereocenters. The van der Waals surface area contributed by atoms with Gasteiger partial charge in [0.15, 0.2) is 0 Å². The number of benzene rings is 1. The molecule has 0 atom stereocenters. The standard InChI is InChI=1S/C23H25ClN6O/c1-13(31)27-12-14-5-7-15(8-6-14)23-29-20(21-22(25)26-9-10-30(21)23)18-11-16-3-2-4-17(24)19(16)28-18/h2-4,9-11,14-15,28H,5-8,12H2,1H3,(H2,25,26)(H,27,31). The second kappa shape index (κ2) is 7.89. The van der Waals surface area contributed by atoms with Crippen LogP contribution < -0.4 is 11.1 Å². The predicted molar refractivity (Wildman–Crippen MR) is 123 cm³/mol. The number of carbonyl (C=O) groups excluding carboxylic acids is 1. The molecule has 5 rings (SSSR count). The van der Waals surface area contributed by atoms with Crippen molar-refractivity contribution in [3.05, 3.63) is 47.5 Å². The van der Waals surface area contributed by atoms with Crippen molar-refractivity contribution in [3.8, 4) is 11.4 Å². The molecule has 160 valence electrons. The molecule has 3 heterocycles. The Bertz CT molecular complexity index is 1270. The number of amides is 1. The summed E-state index contributed by atoms with van der Waals surface area (Å²) in [5, 5.41) is 4.66. The molecule has 1 aliphatic rings. The van der Waals surface area contributed by atoms with E-state index in [2.05, 4.69) is 25.8 Å². The van der Waals surface area contributed by atoms with Crippen molar-refractivity contribution in [1.82, 2.24) is 24.7 Å². The first-order valence-electron chi connectivity index (χ1n) is 10.7. The fourth-order valence-electron chi connectivity index (χ4n) is 4.72. The zero-order valence-electron chi connectivity index (χ0n) is 17.4. The molecule has 3 aromatic heterocycles. The van der Waals surface area contributed by atoms with Crippen LogP contribution in [-0.2, 0) is 4.79 Å². The number of aromatic nitrogens is 4. The summed E-state index contributed by atoms with van der Waals surface area (Å²) in [4.78, 5) is 24.0. The van der Waals surface area contributed by atoms with Crippen LogP contribution in [0.3, 0.4) is 0 Å². The number of nitrogens with zero attached hydrogens (tertiary/aromatic N) is 3. The highest BCUT2D eigenvalue weighted by Crippen LogP contribution is 2.39. The average Bonchev–Trinajstić information content (AvgIpc) is 3.36. The van der Waals surface area contributed by atoms with Crippen LogP contribution in [0.5, 0.6) is 0 Å². The van der Waals surface area contributed by atoms with E-state index < -0.39 is 0 Å². The Balaban J connectivity index is 1.51. The number of anilines is 1. The Hall–Kier alpha value is -3.06. The van der Waals surface area contributed by atoms with Gasteiger partial charge in [-0.05, 0) is 43.7 Å². The van der Waals surface area contributed by atoms with Crippen molar-refractivity contribution in [3.63, 3.8) is 0 Å². The van der Waals surface area contributed by atoms with Crippen molar-refractivity contribution in [2.24, 2.45) is 5.92 Å². The van der Waals surface area contributed by atoms with Crippen LogP contribution in [0.25, 0.3) is 27.8 Å². The van der Waals surface area contributed by atoms with Gasteiger partial charge in [0, 0.05) is 37.2 Å². The van der Waals surface area contributed by atoms with Gasteiger partial charge in [0.05, 0.1) is 16.2 Å². The third-order valence-corrected chi connectivity index (χ3v) is 6.64. The maximum Gasteiger partial charge on any atom is 0.216 e. The van der Waals surface area contributed by atoms with Crippen LogP contribution in [0.2, 0.25) is 5.02 Å². The van der Waals surface area contributed by atoms with E-state index in [-0.39, 0.29) is 5.91 Å². The van der Waals surface area contributed by atoms with E-state index in [0.29, 0.717) is 22.7 Å². The molecule has 8 heteroatoms. The summed E-state index contributed by atoms with van der Waals surface area (Å²) < 4.78 is 2.09. The fourth-order valence-corrected chi connectivity index (χ4v) is 4.95. The molecule has 0 saturated heterocycles. The molecule has 1 amide bonds. The largest absolute Gasteiger partial charge is 0.382 e. The highest BCUT2D eigenvalue weighted by molar-refractivity contribution is 6.35. The number of H-pyrrole nitrogens is 1. The van der Waals surface area contributed by atoms with Crippen molar-refractivity contribution < 1.29 is 4.79 Å². The van der Waals surface area contributed by atoms with Crippen LogP contribution in [0.15, 0.2) is 36.7 Å². The lowest BCUT2D eigenvalue weighted by atomic mass is 9.81. The first kappa shape index (κ1) is 19.9. The molecule has 0 aliphatic heterocycles. The van der Waals surface area contributed by atoms with Gasteiger partial charge in [0.25, 0.3) is 0 Å². The number of para-hydroxylation sites is 1. The number of rotatable bonds is 4. The minimum Gasteiger partial charge on any atom is -0.382 e. The summed E-state index contributed by atoms with van der Waals surface area (Å²) >= 11 is 6.37. The maximum atomic E-state index is 11.2. The van der Waals surface area contributed by atoms with Gasteiger partial charge in [0.1, 0.15) is 22.9 Å². The van der Waals surface area contributed by atoms with Crippen LogP contribution in [0.4, 0.5) is 5.82 Å². The lowest BCUT2D eigenvalue weighted by Crippen LogP contribution is -2.29. The van der Waals surface area contributed by atoms with Crippen molar-refractivity contribution in [1.29, 1.82) is 0 Å². The zero-order valence-corrected chi connectivity index (χ0v) is 18.1. The first-order chi connectivity index (χ1) is 15.0. The third-order valence-electron chi connectivity index (χ3n) is 6.32. The average molecular weight is 437 g/mol. The Morgan fingerprint density at radius 1 is 1.32 bits per heavy atom. The van der Waals surface area contributed by atoms with Crippen molar-refractivity contribution >= 4 is 39.7 Å². The summed E-state index contributed by atoms with van der Waals surface area (Å²) in [6, 6.07) is 7.90. The third kappa shape index (κ3) is 3.63. The Labute approximate surface area is 185 Å². The van der Waals surface area contributed by atoms with Crippen molar-refractivity contribution in [2.45, 2.75) is 38.5 Å². The van der Waals surface area contributed by atoms with E-state index in [9.17, 15) is 4.79 Å². The van der Waals surface area contributed by atoms with Gasteiger partial charge in [-0.3, -0.25) is 9.20 Å². The molecule has 0 radical (unpaired) electrons. The number of nitrogens with one attached hydrogen (secondary N) is 2. The normalized spacial score (nSPS) is 19.2. The number of fused-ring (bicyclic) bond motifs is 2. The highest BCUT2D eigenvalue weighted by Gasteiger charge is 2.28. The number of hydrogen-bond acceptors (Lipinski definition) is 4. The second-order valence-electron chi connectivity index (χ2n) is 8.39. The van der Waals surface area contributed by atoms with Crippen LogP contribution in [-0.4, -0.2) is 31.8 Å². The summed E-state index contributed by atoms with van der Waals surface area (Å²) in [5.41, 5.74) is 9.69. The van der Waals surface area contributed by atoms with E-state index in [1.807, 2.05) is 24.4 Å². The predicted octanol–water partition coefficient (Wildman–Crippen LogP) is 4.52. The van der Waals surface area contributed by atoms with Gasteiger partial charge >= 0.3 is 0 Å². The summed E-state index contributed by atoms with van der Waals surface area (Å²) in [5.74, 6) is 2.37. The molecule has 7 nitrogen and oxygen atoms in total. The monoisotopic (exact) mass is 436 g/mol. The highest BCUT2D eigenvalue weighted by atomic mass is 35.5. The minimum atomic E-state index is 0.0347. The lowest BCUT2D eigenvalue weighted by Gasteiger charge is -2.27. The number of aromatic amines is 1. The minimum absolute atomic E-state index is 0.0347. The van der Waals surface area contributed by atoms with Crippen LogP contribution >= 0.6 is 11.6 Å². The molecule has 1 aliphatic carbocycles. The first-order valence-corrected chi connectivity index (χ1v) is 11.0. The Morgan fingerprint density at radius 2 is 2.13 bits per heavy atom. The lowest BCUT2D eigenvalue weighted by molar-refractivity contribution is -0.119. The van der Waals surface area contributed by atoms with Gasteiger partial charge < -0.3 is 16.0 Å². The summed E-state index contributed by atoms with van der Waals surface area (Å²) in [6.45, 7) is 2.32. The number of nitrogens with two attached hydrogens (primary N) is 1. The molecule has 31 heavy (non-hydrogen) atoms. The fraction of sp³-hybridized carbons (Fsp3) is 0.348. The number of halogens is 1. The number of hydrogen-bond donors (Lipinski definition) is 3. The molecule has 0 bridgehead atoms. The zero-order chi connectivity index (χ0) is 21.5.